The standard InChI is InChI=1S/C10H23N5O2S/c1-3-9(10(11)12)14-5-7-15(8-6-14)18(16,17)13-4-2/h9,13H,3-8H2,1-2H3,(H3,11,12). The third-order valence-corrected chi connectivity index (χ3v) is 4.82. The van der Waals surface area contributed by atoms with E-state index in [0.717, 1.165) is 6.42 Å². The third-order valence-electron chi connectivity index (χ3n) is 3.13. The van der Waals surface area contributed by atoms with Gasteiger partial charge >= 0.3 is 0 Å². The summed E-state index contributed by atoms with van der Waals surface area (Å²) in [6.45, 7) is 6.25. The lowest BCUT2D eigenvalue weighted by molar-refractivity contribution is 0.163. The fraction of sp³-hybridized carbons (Fsp3) is 0.900. The minimum atomic E-state index is -3.34. The number of piperazine rings is 1. The number of nitrogens with one attached hydrogen (secondary N) is 2. The molecule has 0 aromatic rings. The smallest absolute Gasteiger partial charge is 0.279 e. The molecule has 0 radical (unpaired) electrons. The molecule has 0 amide bonds. The third kappa shape index (κ3) is 3.64. The zero-order valence-corrected chi connectivity index (χ0v) is 11.8. The van der Waals surface area contributed by atoms with E-state index in [9.17, 15) is 8.42 Å². The fourth-order valence-electron chi connectivity index (χ4n) is 2.20. The van der Waals surface area contributed by atoms with Crippen LogP contribution >= 0.6 is 0 Å². The highest BCUT2D eigenvalue weighted by Crippen LogP contribution is 2.11. The Morgan fingerprint density at radius 1 is 1.33 bits per heavy atom. The maximum absolute atomic E-state index is 11.8. The molecule has 1 fully saturated rings. The molecule has 7 nitrogen and oxygen atoms in total. The van der Waals surface area contributed by atoms with Crippen molar-refractivity contribution in [2.24, 2.45) is 5.73 Å². The summed E-state index contributed by atoms with van der Waals surface area (Å²) in [5.41, 5.74) is 5.54. The Morgan fingerprint density at radius 2 is 1.89 bits per heavy atom. The monoisotopic (exact) mass is 277 g/mol. The second kappa shape index (κ2) is 6.46. The van der Waals surface area contributed by atoms with Crippen LogP contribution in [0.15, 0.2) is 0 Å². The van der Waals surface area contributed by atoms with Gasteiger partial charge in [0.1, 0.15) is 5.84 Å². The first-order valence-corrected chi connectivity index (χ1v) is 7.69. The summed E-state index contributed by atoms with van der Waals surface area (Å²) in [4.78, 5) is 2.07. The SMILES string of the molecule is CCNS(=O)(=O)N1CCN(C(CC)C(=N)N)CC1. The molecule has 1 saturated heterocycles. The van der Waals surface area contributed by atoms with Crippen LogP contribution in [0.25, 0.3) is 0 Å². The molecule has 18 heavy (non-hydrogen) atoms. The number of nitrogens with two attached hydrogens (primary N) is 1. The van der Waals surface area contributed by atoms with Crippen LogP contribution in [0.2, 0.25) is 0 Å². The largest absolute Gasteiger partial charge is 0.386 e. The van der Waals surface area contributed by atoms with Crippen LogP contribution in [0.3, 0.4) is 0 Å². The molecule has 1 rings (SSSR count). The minimum Gasteiger partial charge on any atom is -0.386 e. The molecule has 4 N–H and O–H groups in total. The van der Waals surface area contributed by atoms with Crippen LogP contribution in [-0.2, 0) is 10.2 Å². The first-order valence-electron chi connectivity index (χ1n) is 6.25. The first-order chi connectivity index (χ1) is 8.42. The molecule has 0 saturated carbocycles. The van der Waals surface area contributed by atoms with Crippen molar-refractivity contribution in [3.05, 3.63) is 0 Å². The maximum atomic E-state index is 11.8. The van der Waals surface area contributed by atoms with Gasteiger partial charge in [-0.25, -0.2) is 4.72 Å². The van der Waals surface area contributed by atoms with Gasteiger partial charge in [0.05, 0.1) is 6.04 Å². The molecule has 1 atom stereocenters. The van der Waals surface area contributed by atoms with Gasteiger partial charge in [-0.1, -0.05) is 13.8 Å². The molecule has 0 aromatic carbocycles. The predicted octanol–water partition coefficient (Wildman–Crippen LogP) is -0.827. The highest BCUT2D eigenvalue weighted by Gasteiger charge is 2.29. The Kier molecular flexibility index (Phi) is 5.51. The Morgan fingerprint density at radius 3 is 2.28 bits per heavy atom. The Balaban J connectivity index is 2.58. The maximum Gasteiger partial charge on any atom is 0.279 e. The molecule has 0 aromatic heterocycles. The van der Waals surface area contributed by atoms with Crippen molar-refractivity contribution in [3.63, 3.8) is 0 Å². The van der Waals surface area contributed by atoms with Crippen LogP contribution in [0.5, 0.6) is 0 Å². The van der Waals surface area contributed by atoms with Gasteiger partial charge in [0.2, 0.25) is 0 Å². The molecule has 1 unspecified atom stereocenters. The van der Waals surface area contributed by atoms with E-state index in [4.69, 9.17) is 11.1 Å². The van der Waals surface area contributed by atoms with Gasteiger partial charge in [-0.05, 0) is 6.42 Å². The minimum absolute atomic E-state index is 0.0750. The van der Waals surface area contributed by atoms with Crippen molar-refractivity contribution in [3.8, 4) is 0 Å². The van der Waals surface area contributed by atoms with Crippen molar-refractivity contribution >= 4 is 16.0 Å². The van der Waals surface area contributed by atoms with E-state index in [1.165, 1.54) is 4.31 Å². The van der Waals surface area contributed by atoms with E-state index >= 15 is 0 Å². The molecule has 1 aliphatic rings. The van der Waals surface area contributed by atoms with Crippen LogP contribution in [0, 0.1) is 5.41 Å². The highest BCUT2D eigenvalue weighted by molar-refractivity contribution is 7.87. The molecular weight excluding hydrogens is 254 g/mol. The van der Waals surface area contributed by atoms with Gasteiger partial charge < -0.3 is 5.73 Å². The molecule has 1 aliphatic heterocycles. The van der Waals surface area contributed by atoms with Crippen molar-refractivity contribution in [2.45, 2.75) is 26.3 Å². The van der Waals surface area contributed by atoms with Crippen molar-refractivity contribution in [2.75, 3.05) is 32.7 Å². The Bertz CT molecular complexity index is 376. The molecule has 0 spiro atoms. The summed E-state index contributed by atoms with van der Waals surface area (Å²) in [7, 11) is -3.34. The summed E-state index contributed by atoms with van der Waals surface area (Å²) >= 11 is 0. The van der Waals surface area contributed by atoms with E-state index in [0.29, 0.717) is 32.7 Å². The van der Waals surface area contributed by atoms with Crippen LogP contribution in [0.1, 0.15) is 20.3 Å². The van der Waals surface area contributed by atoms with Gasteiger partial charge in [0.15, 0.2) is 0 Å². The fourth-order valence-corrected chi connectivity index (χ4v) is 3.40. The zero-order valence-electron chi connectivity index (χ0n) is 11.0. The topological polar surface area (TPSA) is 103 Å². The number of hydrogen-bond acceptors (Lipinski definition) is 4. The lowest BCUT2D eigenvalue weighted by Gasteiger charge is -2.37. The van der Waals surface area contributed by atoms with Crippen molar-refractivity contribution < 1.29 is 8.42 Å². The highest BCUT2D eigenvalue weighted by atomic mass is 32.2. The van der Waals surface area contributed by atoms with Gasteiger partial charge in [-0.15, -0.1) is 0 Å². The lowest BCUT2D eigenvalue weighted by atomic mass is 10.1. The Labute approximate surface area is 109 Å². The van der Waals surface area contributed by atoms with E-state index in [2.05, 4.69) is 9.62 Å². The molecule has 1 heterocycles. The van der Waals surface area contributed by atoms with E-state index < -0.39 is 10.2 Å². The average molecular weight is 277 g/mol. The van der Waals surface area contributed by atoms with Crippen molar-refractivity contribution in [1.29, 1.82) is 5.41 Å². The second-order valence-corrected chi connectivity index (χ2v) is 6.07. The van der Waals surface area contributed by atoms with Crippen LogP contribution in [-0.4, -0.2) is 62.2 Å². The van der Waals surface area contributed by atoms with Gasteiger partial charge in [0, 0.05) is 32.7 Å². The number of hydrogen-bond donors (Lipinski definition) is 3. The summed E-state index contributed by atoms with van der Waals surface area (Å²) < 4.78 is 27.5. The van der Waals surface area contributed by atoms with E-state index in [-0.39, 0.29) is 11.9 Å². The molecule has 0 aliphatic carbocycles. The van der Waals surface area contributed by atoms with Crippen molar-refractivity contribution in [1.82, 2.24) is 13.9 Å². The van der Waals surface area contributed by atoms with Crippen LogP contribution < -0.4 is 10.5 Å². The quantitative estimate of drug-likeness (QED) is 0.436. The van der Waals surface area contributed by atoms with Crippen LogP contribution in [0.4, 0.5) is 0 Å². The molecule has 106 valence electrons. The summed E-state index contributed by atoms with van der Waals surface area (Å²) in [5.74, 6) is 0.153. The first kappa shape index (κ1) is 15.4. The predicted molar refractivity (Wildman–Crippen MR) is 71.7 cm³/mol. The summed E-state index contributed by atoms with van der Waals surface area (Å²) in [5, 5.41) is 7.52. The molecular formula is C10H23N5O2S. The van der Waals surface area contributed by atoms with Gasteiger partial charge in [-0.3, -0.25) is 10.3 Å². The Hall–Kier alpha value is -0.700. The second-order valence-electron chi connectivity index (χ2n) is 4.32. The molecule has 8 heteroatoms. The van der Waals surface area contributed by atoms with Gasteiger partial charge in [-0.2, -0.15) is 12.7 Å². The summed E-state index contributed by atoms with van der Waals surface area (Å²) in [6, 6.07) is -0.0750. The lowest BCUT2D eigenvalue weighted by Crippen LogP contribution is -2.56. The van der Waals surface area contributed by atoms with E-state index in [1.807, 2.05) is 6.92 Å². The van der Waals surface area contributed by atoms with Gasteiger partial charge in [0.25, 0.3) is 10.2 Å². The number of amidine groups is 1. The molecule has 0 bridgehead atoms. The average Bonchev–Trinajstić information content (AvgIpc) is 2.30. The number of nitrogens with zero attached hydrogens (tertiary/aromatic N) is 2. The zero-order chi connectivity index (χ0) is 13.8. The number of rotatable bonds is 6. The summed E-state index contributed by atoms with van der Waals surface area (Å²) in [6.07, 6.45) is 0.773. The van der Waals surface area contributed by atoms with E-state index in [1.54, 1.807) is 6.92 Å². The normalized spacial score (nSPS) is 20.8.